The number of hydrogen-bond donors (Lipinski definition) is 0. The molecular weight excluding hydrogens is 429 g/mol. The first-order chi connectivity index (χ1) is 12.1. The number of benzene rings is 2. The highest BCUT2D eigenvalue weighted by molar-refractivity contribution is 9.10. The van der Waals surface area contributed by atoms with Crippen molar-refractivity contribution in [1.82, 2.24) is 0 Å². The lowest BCUT2D eigenvalue weighted by molar-refractivity contribution is 0.144. The van der Waals surface area contributed by atoms with Crippen LogP contribution in [0.2, 0.25) is 0 Å². The predicted octanol–water partition coefficient (Wildman–Crippen LogP) is 5.71. The number of ether oxygens (including phenoxy) is 2. The fraction of sp³-hybridized carbons (Fsp3) is 0.278. The van der Waals surface area contributed by atoms with Crippen molar-refractivity contribution in [3.8, 4) is 5.75 Å². The van der Waals surface area contributed by atoms with Crippen LogP contribution in [-0.2, 0) is 11.3 Å². The Hall–Kier alpha value is -1.43. The molecule has 0 spiro atoms. The van der Waals surface area contributed by atoms with E-state index in [0.717, 1.165) is 21.3 Å². The Labute approximate surface area is 165 Å². The van der Waals surface area contributed by atoms with Gasteiger partial charge in [-0.05, 0) is 46.1 Å². The summed E-state index contributed by atoms with van der Waals surface area (Å²) in [6, 6.07) is 13.6. The van der Waals surface area contributed by atoms with E-state index in [1.165, 1.54) is 0 Å². The smallest absolute Gasteiger partial charge is 0.414 e. The summed E-state index contributed by atoms with van der Waals surface area (Å²) in [6.45, 7) is 3.18. The Bertz CT molecular complexity index is 713. The second-order valence-electron chi connectivity index (χ2n) is 5.24. The molecule has 1 amide bonds. The zero-order valence-electron chi connectivity index (χ0n) is 13.7. The number of halogens is 3. The first-order valence-corrected chi connectivity index (χ1v) is 9.46. The van der Waals surface area contributed by atoms with Gasteiger partial charge in [0.05, 0.1) is 22.0 Å². The van der Waals surface area contributed by atoms with Gasteiger partial charge in [0, 0.05) is 0 Å². The fourth-order valence-electron chi connectivity index (χ4n) is 2.40. The monoisotopic (exact) mass is 445 g/mol. The summed E-state index contributed by atoms with van der Waals surface area (Å²) in [5.74, 6) is 0.688. The number of carbonyl (C=O) groups excluding carboxylic acids is 1. The van der Waals surface area contributed by atoms with E-state index in [1.54, 1.807) is 4.90 Å². The molecule has 0 atom stereocenters. The summed E-state index contributed by atoms with van der Waals surface area (Å²) in [5.41, 5.74) is 2.77. The summed E-state index contributed by atoms with van der Waals surface area (Å²) >= 11 is 13.0. The Morgan fingerprint density at radius 2 is 1.96 bits per heavy atom. The van der Waals surface area contributed by atoms with E-state index in [4.69, 9.17) is 32.7 Å². The molecule has 0 N–H and O–H groups in total. The highest BCUT2D eigenvalue weighted by Crippen LogP contribution is 2.39. The lowest BCUT2D eigenvalue weighted by atomic mass is 10.2. The maximum atomic E-state index is 12.4. The van der Waals surface area contributed by atoms with Crippen LogP contribution in [0.3, 0.4) is 0 Å². The van der Waals surface area contributed by atoms with Crippen molar-refractivity contribution in [2.24, 2.45) is 0 Å². The minimum atomic E-state index is -0.356. The van der Waals surface area contributed by atoms with Crippen LogP contribution in [0, 0.1) is 6.92 Å². The zero-order chi connectivity index (χ0) is 18.2. The van der Waals surface area contributed by atoms with Crippen molar-refractivity contribution >= 4 is 50.9 Å². The number of anilines is 1. The van der Waals surface area contributed by atoms with Gasteiger partial charge in [0.1, 0.15) is 13.2 Å². The van der Waals surface area contributed by atoms with Crippen LogP contribution in [0.15, 0.2) is 46.9 Å². The Kier molecular flexibility index (Phi) is 7.88. The molecule has 0 aliphatic carbocycles. The average Bonchev–Trinajstić information content (AvgIpc) is 2.61. The SMILES string of the molecule is Cc1cc(Br)c2c(c1)N(C(=O)OCc1ccccc1)CCO2.ClCCl. The molecule has 2 aromatic carbocycles. The lowest BCUT2D eigenvalue weighted by Crippen LogP contribution is -2.38. The molecule has 0 unspecified atom stereocenters. The van der Waals surface area contributed by atoms with Gasteiger partial charge < -0.3 is 9.47 Å². The minimum Gasteiger partial charge on any atom is -0.488 e. The molecule has 2 aromatic rings. The van der Waals surface area contributed by atoms with Crippen LogP contribution >= 0.6 is 39.1 Å². The normalized spacial score (nSPS) is 12.4. The zero-order valence-corrected chi connectivity index (χ0v) is 16.8. The van der Waals surface area contributed by atoms with E-state index >= 15 is 0 Å². The van der Waals surface area contributed by atoms with Gasteiger partial charge in [0.25, 0.3) is 0 Å². The Morgan fingerprint density at radius 3 is 2.64 bits per heavy atom. The standard InChI is InChI=1S/C17H16BrNO3.CH2Cl2/c1-12-9-14(18)16-15(10-12)19(7-8-21-16)17(20)22-11-13-5-3-2-4-6-13;2-1-3/h2-6,9-10H,7-8,11H2,1H3;1H2. The Balaban J connectivity index is 0.000000701. The second kappa shape index (κ2) is 9.90. The topological polar surface area (TPSA) is 38.8 Å². The van der Waals surface area contributed by atoms with Crippen molar-refractivity contribution in [1.29, 1.82) is 0 Å². The van der Waals surface area contributed by atoms with Crippen LogP contribution in [-0.4, -0.2) is 24.6 Å². The number of rotatable bonds is 2. The van der Waals surface area contributed by atoms with Gasteiger partial charge in [-0.25, -0.2) is 4.79 Å². The third kappa shape index (κ3) is 5.53. The van der Waals surface area contributed by atoms with Gasteiger partial charge in [-0.2, -0.15) is 0 Å². The summed E-state index contributed by atoms with van der Waals surface area (Å²) < 4.78 is 11.9. The van der Waals surface area contributed by atoms with Gasteiger partial charge >= 0.3 is 6.09 Å². The summed E-state index contributed by atoms with van der Waals surface area (Å²) in [4.78, 5) is 14.0. The quantitative estimate of drug-likeness (QED) is 0.554. The Morgan fingerprint density at radius 1 is 1.28 bits per heavy atom. The molecule has 1 aliphatic heterocycles. The average molecular weight is 447 g/mol. The largest absolute Gasteiger partial charge is 0.488 e. The first kappa shape index (κ1) is 19.9. The molecule has 0 aromatic heterocycles. The van der Waals surface area contributed by atoms with E-state index < -0.39 is 0 Å². The highest BCUT2D eigenvalue weighted by Gasteiger charge is 2.26. The van der Waals surface area contributed by atoms with Crippen LogP contribution in [0.4, 0.5) is 10.5 Å². The molecule has 0 fully saturated rings. The van der Waals surface area contributed by atoms with Crippen LogP contribution in [0.1, 0.15) is 11.1 Å². The highest BCUT2D eigenvalue weighted by atomic mass is 79.9. The fourth-order valence-corrected chi connectivity index (χ4v) is 3.08. The van der Waals surface area contributed by atoms with Crippen molar-refractivity contribution in [2.45, 2.75) is 13.5 Å². The number of alkyl halides is 2. The van der Waals surface area contributed by atoms with Crippen molar-refractivity contribution < 1.29 is 14.3 Å². The van der Waals surface area contributed by atoms with E-state index in [1.807, 2.05) is 49.4 Å². The van der Waals surface area contributed by atoms with E-state index in [2.05, 4.69) is 15.9 Å². The van der Waals surface area contributed by atoms with Crippen LogP contribution in [0.25, 0.3) is 0 Å². The molecule has 25 heavy (non-hydrogen) atoms. The predicted molar refractivity (Wildman–Crippen MR) is 105 cm³/mol. The molecule has 4 nitrogen and oxygen atoms in total. The molecular formula is C18H18BrCl2NO3. The lowest BCUT2D eigenvalue weighted by Gasteiger charge is -2.29. The first-order valence-electron chi connectivity index (χ1n) is 7.60. The molecule has 0 saturated carbocycles. The van der Waals surface area contributed by atoms with Gasteiger partial charge in [0.2, 0.25) is 0 Å². The summed E-state index contributed by atoms with van der Waals surface area (Å²) in [7, 11) is 0. The van der Waals surface area contributed by atoms with Gasteiger partial charge in [0.15, 0.2) is 5.75 Å². The van der Waals surface area contributed by atoms with Crippen molar-refractivity contribution in [3.05, 3.63) is 58.1 Å². The number of aryl methyl sites for hydroxylation is 1. The summed E-state index contributed by atoms with van der Waals surface area (Å²) in [5, 5.41) is 0.194. The molecule has 0 bridgehead atoms. The van der Waals surface area contributed by atoms with E-state index in [0.29, 0.717) is 18.9 Å². The molecule has 0 saturated heterocycles. The second-order valence-corrected chi connectivity index (χ2v) is 6.90. The number of fused-ring (bicyclic) bond motifs is 1. The van der Waals surface area contributed by atoms with E-state index in [-0.39, 0.29) is 18.0 Å². The third-order valence-electron chi connectivity index (χ3n) is 3.45. The molecule has 1 aliphatic rings. The molecule has 3 rings (SSSR count). The number of amides is 1. The van der Waals surface area contributed by atoms with Crippen LogP contribution in [0.5, 0.6) is 5.75 Å². The molecule has 0 radical (unpaired) electrons. The summed E-state index contributed by atoms with van der Waals surface area (Å²) in [6.07, 6.45) is -0.356. The minimum absolute atomic E-state index is 0.194. The number of carbonyl (C=O) groups is 1. The van der Waals surface area contributed by atoms with Crippen molar-refractivity contribution in [2.75, 3.05) is 23.4 Å². The third-order valence-corrected chi connectivity index (χ3v) is 4.03. The van der Waals surface area contributed by atoms with Crippen molar-refractivity contribution in [3.63, 3.8) is 0 Å². The maximum Gasteiger partial charge on any atom is 0.414 e. The molecule has 134 valence electrons. The van der Waals surface area contributed by atoms with Gasteiger partial charge in [-0.1, -0.05) is 30.3 Å². The molecule has 7 heteroatoms. The van der Waals surface area contributed by atoms with E-state index in [9.17, 15) is 4.79 Å². The number of hydrogen-bond acceptors (Lipinski definition) is 3. The van der Waals surface area contributed by atoms with Gasteiger partial charge in [-0.3, -0.25) is 4.90 Å². The number of nitrogens with zero attached hydrogens (tertiary/aromatic N) is 1. The van der Waals surface area contributed by atoms with Gasteiger partial charge in [-0.15, -0.1) is 23.2 Å². The van der Waals surface area contributed by atoms with Crippen LogP contribution < -0.4 is 9.64 Å². The maximum absolute atomic E-state index is 12.4. The molecule has 1 heterocycles.